The number of aromatic amines is 1. The number of aromatic nitrogens is 2. The number of aryl methyl sites for hydroxylation is 1. The number of anilines is 1. The fourth-order valence-electron chi connectivity index (χ4n) is 1.12. The molecule has 0 aliphatic rings. The third-order valence-electron chi connectivity index (χ3n) is 2.32. The fraction of sp³-hybridized carbons (Fsp3) is 0.600. The van der Waals surface area contributed by atoms with Gasteiger partial charge in [0.25, 0.3) is 0 Å². The third kappa shape index (κ3) is 2.87. The molecule has 0 aliphatic heterocycles. The number of amides is 1. The largest absolute Gasteiger partial charge is 0.311 e. The molecule has 4 heteroatoms. The van der Waals surface area contributed by atoms with E-state index in [0.717, 1.165) is 12.0 Å². The molecule has 1 atom stereocenters. The summed E-state index contributed by atoms with van der Waals surface area (Å²) in [5, 5.41) is 9.38. The van der Waals surface area contributed by atoms with E-state index in [0.29, 0.717) is 18.2 Å². The maximum atomic E-state index is 11.5. The molecule has 0 saturated carbocycles. The van der Waals surface area contributed by atoms with Gasteiger partial charge in [0, 0.05) is 12.0 Å². The lowest BCUT2D eigenvalue weighted by Crippen LogP contribution is -2.15. The molecule has 1 aromatic rings. The van der Waals surface area contributed by atoms with Crippen molar-refractivity contribution in [1.82, 2.24) is 10.2 Å². The molecule has 0 bridgehead atoms. The summed E-state index contributed by atoms with van der Waals surface area (Å²) in [6, 6.07) is 0. The van der Waals surface area contributed by atoms with E-state index in [9.17, 15) is 4.79 Å². The van der Waals surface area contributed by atoms with E-state index in [2.05, 4.69) is 29.4 Å². The highest BCUT2D eigenvalue weighted by Gasteiger charge is 2.09. The van der Waals surface area contributed by atoms with Crippen LogP contribution < -0.4 is 5.32 Å². The molecule has 1 rings (SSSR count). The number of hydrogen-bond acceptors (Lipinski definition) is 2. The zero-order valence-electron chi connectivity index (χ0n) is 8.92. The highest BCUT2D eigenvalue weighted by Crippen LogP contribution is 2.11. The minimum atomic E-state index is 0.0479. The fourth-order valence-corrected chi connectivity index (χ4v) is 1.12. The predicted octanol–water partition coefficient (Wildman–Crippen LogP) is 2.09. The number of carbonyl (C=O) groups excluding carboxylic acids is 1. The molecule has 78 valence electrons. The van der Waals surface area contributed by atoms with Crippen molar-refractivity contribution in [3.8, 4) is 0 Å². The van der Waals surface area contributed by atoms with Crippen LogP contribution in [0.4, 0.5) is 5.82 Å². The van der Waals surface area contributed by atoms with E-state index in [1.165, 1.54) is 0 Å². The summed E-state index contributed by atoms with van der Waals surface area (Å²) in [5.41, 5.74) is 0.961. The standard InChI is InChI=1S/C10H17N3O/c1-4-7(2)5-9(14)12-10-8(3)6-11-13-10/h6-7H,4-5H2,1-3H3,(H2,11,12,13,14). The Kier molecular flexibility index (Phi) is 3.68. The second kappa shape index (κ2) is 4.79. The van der Waals surface area contributed by atoms with Gasteiger partial charge in [-0.15, -0.1) is 0 Å². The Hall–Kier alpha value is -1.32. The molecule has 0 spiro atoms. The first kappa shape index (κ1) is 10.8. The van der Waals surface area contributed by atoms with E-state index in [-0.39, 0.29) is 5.91 Å². The Morgan fingerprint density at radius 2 is 2.43 bits per heavy atom. The van der Waals surface area contributed by atoms with Crippen LogP contribution in [0, 0.1) is 12.8 Å². The summed E-state index contributed by atoms with van der Waals surface area (Å²) in [7, 11) is 0. The monoisotopic (exact) mass is 195 g/mol. The third-order valence-corrected chi connectivity index (χ3v) is 2.32. The molecule has 14 heavy (non-hydrogen) atoms. The minimum absolute atomic E-state index is 0.0479. The quantitative estimate of drug-likeness (QED) is 0.772. The first-order chi connectivity index (χ1) is 6.63. The van der Waals surface area contributed by atoms with Gasteiger partial charge < -0.3 is 5.32 Å². The molecule has 1 heterocycles. The molecule has 0 radical (unpaired) electrons. The summed E-state index contributed by atoms with van der Waals surface area (Å²) in [5.74, 6) is 1.18. The Balaban J connectivity index is 2.45. The zero-order valence-corrected chi connectivity index (χ0v) is 8.92. The van der Waals surface area contributed by atoms with Crippen LogP contribution in [-0.2, 0) is 4.79 Å². The van der Waals surface area contributed by atoms with Gasteiger partial charge in [0.2, 0.25) is 5.91 Å². The van der Waals surface area contributed by atoms with Gasteiger partial charge >= 0.3 is 0 Å². The summed E-state index contributed by atoms with van der Waals surface area (Å²) in [6.07, 6.45) is 3.28. The van der Waals surface area contributed by atoms with Gasteiger partial charge in [-0.3, -0.25) is 9.89 Å². The maximum absolute atomic E-state index is 11.5. The van der Waals surface area contributed by atoms with Crippen molar-refractivity contribution in [3.05, 3.63) is 11.8 Å². The van der Waals surface area contributed by atoms with Crippen LogP contribution in [0.15, 0.2) is 6.20 Å². The van der Waals surface area contributed by atoms with Gasteiger partial charge in [-0.05, 0) is 12.8 Å². The van der Waals surface area contributed by atoms with Crippen molar-refractivity contribution in [2.75, 3.05) is 5.32 Å². The van der Waals surface area contributed by atoms with Crippen molar-refractivity contribution < 1.29 is 4.79 Å². The second-order valence-electron chi connectivity index (χ2n) is 3.69. The van der Waals surface area contributed by atoms with Crippen molar-refractivity contribution in [2.24, 2.45) is 5.92 Å². The van der Waals surface area contributed by atoms with Crippen molar-refractivity contribution in [1.29, 1.82) is 0 Å². The molecular formula is C10H17N3O. The average Bonchev–Trinajstić information content (AvgIpc) is 2.51. The Labute approximate surface area is 84.1 Å². The van der Waals surface area contributed by atoms with Crippen LogP contribution in [0.25, 0.3) is 0 Å². The van der Waals surface area contributed by atoms with Crippen LogP contribution in [0.3, 0.4) is 0 Å². The molecule has 2 N–H and O–H groups in total. The van der Waals surface area contributed by atoms with Crippen LogP contribution in [0.2, 0.25) is 0 Å². The lowest BCUT2D eigenvalue weighted by atomic mass is 10.1. The minimum Gasteiger partial charge on any atom is -0.311 e. The molecule has 1 unspecified atom stereocenters. The van der Waals surface area contributed by atoms with E-state index in [1.807, 2.05) is 6.92 Å². The number of nitrogens with zero attached hydrogens (tertiary/aromatic N) is 1. The first-order valence-corrected chi connectivity index (χ1v) is 4.93. The molecule has 0 fully saturated rings. The van der Waals surface area contributed by atoms with E-state index >= 15 is 0 Å². The molecule has 4 nitrogen and oxygen atoms in total. The van der Waals surface area contributed by atoms with Gasteiger partial charge in [0.1, 0.15) is 5.82 Å². The van der Waals surface area contributed by atoms with Crippen molar-refractivity contribution in [2.45, 2.75) is 33.6 Å². The Morgan fingerprint density at radius 3 is 2.93 bits per heavy atom. The number of nitrogens with one attached hydrogen (secondary N) is 2. The predicted molar refractivity (Wildman–Crippen MR) is 56.0 cm³/mol. The summed E-state index contributed by atoms with van der Waals surface area (Å²) >= 11 is 0. The van der Waals surface area contributed by atoms with E-state index in [1.54, 1.807) is 6.20 Å². The lowest BCUT2D eigenvalue weighted by Gasteiger charge is -2.08. The molecule has 0 saturated heterocycles. The van der Waals surface area contributed by atoms with Crippen molar-refractivity contribution >= 4 is 11.7 Å². The molecular weight excluding hydrogens is 178 g/mol. The highest BCUT2D eigenvalue weighted by atomic mass is 16.1. The molecule has 0 aliphatic carbocycles. The maximum Gasteiger partial charge on any atom is 0.225 e. The van der Waals surface area contributed by atoms with E-state index < -0.39 is 0 Å². The smallest absolute Gasteiger partial charge is 0.225 e. The van der Waals surface area contributed by atoms with Gasteiger partial charge in [-0.2, -0.15) is 5.10 Å². The summed E-state index contributed by atoms with van der Waals surface area (Å²) in [4.78, 5) is 11.5. The van der Waals surface area contributed by atoms with Gasteiger partial charge in [-0.1, -0.05) is 20.3 Å². The van der Waals surface area contributed by atoms with Gasteiger partial charge in [0.15, 0.2) is 0 Å². The van der Waals surface area contributed by atoms with Crippen LogP contribution in [0.1, 0.15) is 32.3 Å². The number of carbonyl (C=O) groups is 1. The van der Waals surface area contributed by atoms with Gasteiger partial charge in [-0.25, -0.2) is 0 Å². The van der Waals surface area contributed by atoms with Crippen LogP contribution in [0.5, 0.6) is 0 Å². The molecule has 0 aromatic carbocycles. The first-order valence-electron chi connectivity index (χ1n) is 4.93. The second-order valence-corrected chi connectivity index (χ2v) is 3.69. The highest BCUT2D eigenvalue weighted by molar-refractivity contribution is 5.90. The SMILES string of the molecule is CCC(C)CC(=O)Nc1[nH]ncc1C. The molecule has 1 aromatic heterocycles. The van der Waals surface area contributed by atoms with E-state index in [4.69, 9.17) is 0 Å². The Morgan fingerprint density at radius 1 is 1.71 bits per heavy atom. The lowest BCUT2D eigenvalue weighted by molar-refractivity contribution is -0.117. The van der Waals surface area contributed by atoms with Crippen LogP contribution >= 0.6 is 0 Å². The summed E-state index contributed by atoms with van der Waals surface area (Å²) < 4.78 is 0. The topological polar surface area (TPSA) is 57.8 Å². The van der Waals surface area contributed by atoms with Crippen molar-refractivity contribution in [3.63, 3.8) is 0 Å². The summed E-state index contributed by atoms with van der Waals surface area (Å²) in [6.45, 7) is 6.06. The number of rotatable bonds is 4. The van der Waals surface area contributed by atoms with Crippen LogP contribution in [-0.4, -0.2) is 16.1 Å². The number of H-pyrrole nitrogens is 1. The normalized spacial score (nSPS) is 12.5. The van der Waals surface area contributed by atoms with Gasteiger partial charge in [0.05, 0.1) is 6.20 Å². The molecule has 1 amide bonds. The Bertz CT molecular complexity index is 306. The number of hydrogen-bond donors (Lipinski definition) is 2. The zero-order chi connectivity index (χ0) is 10.6. The average molecular weight is 195 g/mol.